The Morgan fingerprint density at radius 2 is 2.09 bits per heavy atom. The van der Waals surface area contributed by atoms with Gasteiger partial charge in [0.1, 0.15) is 5.82 Å². The van der Waals surface area contributed by atoms with E-state index >= 15 is 0 Å². The predicted molar refractivity (Wildman–Crippen MR) is 80.9 cm³/mol. The van der Waals surface area contributed by atoms with E-state index in [4.69, 9.17) is 0 Å². The van der Waals surface area contributed by atoms with E-state index in [-0.39, 0.29) is 17.6 Å². The fraction of sp³-hybridized carbons (Fsp3) is 0.400. The van der Waals surface area contributed by atoms with Crippen LogP contribution in [0, 0.1) is 0 Å². The molecule has 3 rings (SSSR count). The Morgan fingerprint density at radius 3 is 2.82 bits per heavy atom. The van der Waals surface area contributed by atoms with Crippen molar-refractivity contribution >= 4 is 5.91 Å². The summed E-state index contributed by atoms with van der Waals surface area (Å²) in [6.45, 7) is 1.79. The topological polar surface area (TPSA) is 93.9 Å². The average Bonchev–Trinajstić information content (AvgIpc) is 2.95. The van der Waals surface area contributed by atoms with Crippen LogP contribution in [0.25, 0.3) is 0 Å². The zero-order chi connectivity index (χ0) is 15.4. The molecule has 0 radical (unpaired) electrons. The summed E-state index contributed by atoms with van der Waals surface area (Å²) < 4.78 is 0. The van der Waals surface area contributed by atoms with E-state index in [9.17, 15) is 9.59 Å². The number of H-pyrrole nitrogens is 2. The minimum atomic E-state index is -0.304. The molecule has 7 heteroatoms. The third-order valence-corrected chi connectivity index (χ3v) is 3.82. The number of likely N-dealkylation sites (tertiary alicyclic amines) is 1. The van der Waals surface area contributed by atoms with Crippen LogP contribution >= 0.6 is 0 Å². The summed E-state index contributed by atoms with van der Waals surface area (Å²) in [5.74, 6) is 0.770. The lowest BCUT2D eigenvalue weighted by atomic mass is 10.0. The number of nitrogens with one attached hydrogen (secondary N) is 3. The Labute approximate surface area is 127 Å². The minimum Gasteiger partial charge on any atom is -0.337 e. The molecule has 1 atom stereocenters. The van der Waals surface area contributed by atoms with Crippen molar-refractivity contribution < 1.29 is 4.79 Å². The monoisotopic (exact) mass is 301 g/mol. The number of benzene rings is 1. The molecular weight excluding hydrogens is 282 g/mol. The van der Waals surface area contributed by atoms with Gasteiger partial charge in [0.15, 0.2) is 0 Å². The van der Waals surface area contributed by atoms with Gasteiger partial charge in [-0.15, -0.1) is 0 Å². The highest BCUT2D eigenvalue weighted by molar-refractivity contribution is 5.77. The first kappa shape index (κ1) is 14.5. The number of carbonyl (C=O) groups is 1. The number of aromatic amines is 2. The lowest BCUT2D eigenvalue weighted by Gasteiger charge is -2.33. The molecule has 2 aromatic rings. The van der Waals surface area contributed by atoms with Crippen LogP contribution in [0.1, 0.15) is 24.2 Å². The molecule has 1 unspecified atom stereocenters. The number of carbonyl (C=O) groups excluding carboxylic acids is 1. The van der Waals surface area contributed by atoms with Gasteiger partial charge in [-0.2, -0.15) is 5.10 Å². The Morgan fingerprint density at radius 1 is 1.27 bits per heavy atom. The maximum Gasteiger partial charge on any atom is 0.340 e. The first-order valence-corrected chi connectivity index (χ1v) is 7.39. The van der Waals surface area contributed by atoms with Crippen molar-refractivity contribution in [2.45, 2.75) is 32.0 Å². The highest BCUT2D eigenvalue weighted by Gasteiger charge is 2.25. The second kappa shape index (κ2) is 6.57. The summed E-state index contributed by atoms with van der Waals surface area (Å²) in [4.78, 5) is 27.5. The van der Waals surface area contributed by atoms with E-state index in [1.807, 2.05) is 35.2 Å². The van der Waals surface area contributed by atoms with Crippen LogP contribution in [-0.2, 0) is 17.9 Å². The van der Waals surface area contributed by atoms with Gasteiger partial charge in [0.25, 0.3) is 0 Å². The molecule has 1 saturated heterocycles. The van der Waals surface area contributed by atoms with Crippen molar-refractivity contribution in [2.24, 2.45) is 0 Å². The SMILES string of the molecule is O=C1CCC(NCc2n[nH]c(=O)[nH]2)CN1Cc1ccccc1. The molecule has 0 spiro atoms. The van der Waals surface area contributed by atoms with Crippen LogP contribution in [0.5, 0.6) is 0 Å². The Hall–Kier alpha value is -2.41. The molecule has 116 valence electrons. The second-order valence-electron chi connectivity index (χ2n) is 5.50. The third-order valence-electron chi connectivity index (χ3n) is 3.82. The first-order valence-electron chi connectivity index (χ1n) is 7.39. The van der Waals surface area contributed by atoms with Crippen LogP contribution in [0.2, 0.25) is 0 Å². The van der Waals surface area contributed by atoms with E-state index in [0.29, 0.717) is 31.9 Å². The zero-order valence-corrected chi connectivity index (χ0v) is 12.2. The number of aromatic nitrogens is 3. The highest BCUT2D eigenvalue weighted by atomic mass is 16.2. The summed E-state index contributed by atoms with van der Waals surface area (Å²) >= 11 is 0. The minimum absolute atomic E-state index is 0.190. The van der Waals surface area contributed by atoms with Crippen LogP contribution in [-0.4, -0.2) is 38.6 Å². The molecule has 0 saturated carbocycles. The van der Waals surface area contributed by atoms with Crippen molar-refractivity contribution in [2.75, 3.05) is 6.54 Å². The molecule has 1 aliphatic heterocycles. The molecule has 1 fully saturated rings. The van der Waals surface area contributed by atoms with Crippen molar-refractivity contribution in [3.8, 4) is 0 Å². The molecule has 1 aromatic heterocycles. The maximum absolute atomic E-state index is 12.1. The fourth-order valence-corrected chi connectivity index (χ4v) is 2.67. The molecule has 1 aromatic carbocycles. The van der Waals surface area contributed by atoms with E-state index in [1.54, 1.807) is 0 Å². The van der Waals surface area contributed by atoms with Gasteiger partial charge < -0.3 is 10.2 Å². The van der Waals surface area contributed by atoms with Crippen molar-refractivity contribution in [1.82, 2.24) is 25.4 Å². The molecule has 2 heterocycles. The van der Waals surface area contributed by atoms with Gasteiger partial charge in [-0.3, -0.25) is 9.78 Å². The van der Waals surface area contributed by atoms with Gasteiger partial charge in [0.05, 0.1) is 6.54 Å². The Kier molecular flexibility index (Phi) is 4.34. The summed E-state index contributed by atoms with van der Waals surface area (Å²) in [6, 6.07) is 10.2. The van der Waals surface area contributed by atoms with Crippen LogP contribution in [0.4, 0.5) is 0 Å². The normalized spacial score (nSPS) is 18.6. The smallest absolute Gasteiger partial charge is 0.337 e. The summed E-state index contributed by atoms with van der Waals surface area (Å²) in [6.07, 6.45) is 1.35. The Balaban J connectivity index is 1.56. The number of rotatable bonds is 5. The van der Waals surface area contributed by atoms with Gasteiger partial charge in [-0.1, -0.05) is 30.3 Å². The van der Waals surface area contributed by atoms with Gasteiger partial charge >= 0.3 is 5.69 Å². The molecule has 1 aliphatic rings. The molecule has 22 heavy (non-hydrogen) atoms. The van der Waals surface area contributed by atoms with E-state index < -0.39 is 0 Å². The number of hydrogen-bond donors (Lipinski definition) is 3. The van der Waals surface area contributed by atoms with Gasteiger partial charge in [0, 0.05) is 25.6 Å². The third kappa shape index (κ3) is 3.62. The molecule has 1 amide bonds. The van der Waals surface area contributed by atoms with Crippen molar-refractivity contribution in [1.29, 1.82) is 0 Å². The lowest BCUT2D eigenvalue weighted by Crippen LogP contribution is -2.47. The molecular formula is C15H19N5O2. The fourth-order valence-electron chi connectivity index (χ4n) is 2.67. The highest BCUT2D eigenvalue weighted by Crippen LogP contribution is 2.15. The summed E-state index contributed by atoms with van der Waals surface area (Å²) in [7, 11) is 0. The van der Waals surface area contributed by atoms with E-state index in [1.165, 1.54) is 0 Å². The molecule has 0 aliphatic carbocycles. The number of piperidine rings is 1. The van der Waals surface area contributed by atoms with Gasteiger partial charge in [-0.25, -0.2) is 9.89 Å². The van der Waals surface area contributed by atoms with Crippen LogP contribution < -0.4 is 11.0 Å². The summed E-state index contributed by atoms with van der Waals surface area (Å²) in [5.41, 5.74) is 0.828. The van der Waals surface area contributed by atoms with Crippen molar-refractivity contribution in [3.63, 3.8) is 0 Å². The quantitative estimate of drug-likeness (QED) is 0.744. The standard InChI is InChI=1S/C15H19N5O2/c21-14-7-6-12(16-8-13-17-15(22)19-18-13)10-20(14)9-11-4-2-1-3-5-11/h1-5,12,16H,6-10H2,(H2,17,18,19,22). The number of nitrogens with zero attached hydrogens (tertiary/aromatic N) is 2. The molecule has 3 N–H and O–H groups in total. The zero-order valence-electron chi connectivity index (χ0n) is 12.2. The Bertz CT molecular complexity index is 678. The van der Waals surface area contributed by atoms with Crippen molar-refractivity contribution in [3.05, 3.63) is 52.2 Å². The average molecular weight is 301 g/mol. The predicted octanol–water partition coefficient (Wildman–Crippen LogP) is 0.379. The van der Waals surface area contributed by atoms with Crippen LogP contribution in [0.15, 0.2) is 35.1 Å². The lowest BCUT2D eigenvalue weighted by molar-refractivity contribution is -0.134. The van der Waals surface area contributed by atoms with E-state index in [2.05, 4.69) is 20.5 Å². The van der Waals surface area contributed by atoms with Crippen LogP contribution in [0.3, 0.4) is 0 Å². The largest absolute Gasteiger partial charge is 0.340 e. The maximum atomic E-state index is 12.1. The van der Waals surface area contributed by atoms with Gasteiger partial charge in [0.2, 0.25) is 5.91 Å². The second-order valence-corrected chi connectivity index (χ2v) is 5.50. The number of hydrogen-bond acceptors (Lipinski definition) is 4. The van der Waals surface area contributed by atoms with Gasteiger partial charge in [-0.05, 0) is 12.0 Å². The summed E-state index contributed by atoms with van der Waals surface area (Å²) in [5, 5.41) is 9.55. The first-order chi connectivity index (χ1) is 10.7. The molecule has 7 nitrogen and oxygen atoms in total. The van der Waals surface area contributed by atoms with E-state index in [0.717, 1.165) is 12.0 Å². The molecule has 0 bridgehead atoms. The number of amides is 1.